The lowest BCUT2D eigenvalue weighted by Crippen LogP contribution is -2.50. The number of nitrogens with one attached hydrogen (secondary N) is 1. The maximum atomic E-state index is 11.7. The SMILES string of the molecule is CC(CO)N(C)S(=O)(=O)NC(C)(C)C. The Balaban J connectivity index is 4.64. The first-order valence-corrected chi connectivity index (χ1v) is 5.92. The normalized spacial score (nSPS) is 15.9. The minimum Gasteiger partial charge on any atom is -0.395 e. The summed E-state index contributed by atoms with van der Waals surface area (Å²) in [6.07, 6.45) is 0. The van der Waals surface area contributed by atoms with Gasteiger partial charge in [-0.15, -0.1) is 0 Å². The van der Waals surface area contributed by atoms with Gasteiger partial charge in [0.1, 0.15) is 0 Å². The fourth-order valence-electron chi connectivity index (χ4n) is 0.811. The molecule has 0 fully saturated rings. The number of nitrogens with zero attached hydrogens (tertiary/aromatic N) is 1. The molecule has 0 aromatic heterocycles. The predicted molar refractivity (Wildman–Crippen MR) is 56.1 cm³/mol. The second-order valence-electron chi connectivity index (χ2n) is 4.40. The molecule has 0 aromatic rings. The largest absolute Gasteiger partial charge is 0.395 e. The standard InChI is InChI=1S/C8H20N2O3S/c1-7(6-11)10(5)14(12,13)9-8(2,3)4/h7,9,11H,6H2,1-5H3. The molecule has 0 heterocycles. The average molecular weight is 224 g/mol. The summed E-state index contributed by atoms with van der Waals surface area (Å²) in [7, 11) is -2.07. The summed E-state index contributed by atoms with van der Waals surface area (Å²) in [4.78, 5) is 0. The second-order valence-corrected chi connectivity index (χ2v) is 6.14. The number of hydrogen-bond donors (Lipinski definition) is 2. The van der Waals surface area contributed by atoms with Gasteiger partial charge in [-0.25, -0.2) is 0 Å². The Morgan fingerprint density at radius 1 is 1.43 bits per heavy atom. The minimum absolute atomic E-state index is 0.193. The van der Waals surface area contributed by atoms with Crippen molar-refractivity contribution in [3.05, 3.63) is 0 Å². The lowest BCUT2D eigenvalue weighted by molar-refractivity contribution is 0.211. The van der Waals surface area contributed by atoms with Crippen molar-refractivity contribution in [1.29, 1.82) is 0 Å². The third-order valence-corrected chi connectivity index (χ3v) is 3.69. The summed E-state index contributed by atoms with van der Waals surface area (Å²) in [6.45, 7) is 6.75. The number of rotatable bonds is 4. The van der Waals surface area contributed by atoms with Crippen LogP contribution in [0.2, 0.25) is 0 Å². The fourth-order valence-corrected chi connectivity index (χ4v) is 2.27. The Kier molecular flexibility index (Phi) is 4.51. The summed E-state index contributed by atoms with van der Waals surface area (Å²) < 4.78 is 26.9. The van der Waals surface area contributed by atoms with Gasteiger partial charge in [0.05, 0.1) is 6.61 Å². The van der Waals surface area contributed by atoms with Gasteiger partial charge in [0.25, 0.3) is 10.2 Å². The lowest BCUT2D eigenvalue weighted by atomic mass is 10.1. The smallest absolute Gasteiger partial charge is 0.279 e. The highest BCUT2D eigenvalue weighted by Crippen LogP contribution is 2.07. The molecule has 86 valence electrons. The van der Waals surface area contributed by atoms with Crippen molar-refractivity contribution in [1.82, 2.24) is 9.03 Å². The molecular weight excluding hydrogens is 204 g/mol. The van der Waals surface area contributed by atoms with Crippen LogP contribution in [0.4, 0.5) is 0 Å². The van der Waals surface area contributed by atoms with E-state index in [1.54, 1.807) is 27.7 Å². The van der Waals surface area contributed by atoms with E-state index in [-0.39, 0.29) is 6.61 Å². The molecule has 1 unspecified atom stereocenters. The van der Waals surface area contributed by atoms with E-state index in [4.69, 9.17) is 5.11 Å². The van der Waals surface area contributed by atoms with Crippen LogP contribution in [-0.2, 0) is 10.2 Å². The molecule has 0 saturated heterocycles. The summed E-state index contributed by atoms with van der Waals surface area (Å²) in [5, 5.41) is 8.83. The van der Waals surface area contributed by atoms with Crippen LogP contribution in [0.25, 0.3) is 0 Å². The first-order chi connectivity index (χ1) is 6.10. The third kappa shape index (κ3) is 4.36. The Bertz CT molecular complexity index is 269. The van der Waals surface area contributed by atoms with Crippen molar-refractivity contribution < 1.29 is 13.5 Å². The van der Waals surface area contributed by atoms with Crippen LogP contribution in [0.5, 0.6) is 0 Å². The number of aliphatic hydroxyl groups is 1. The molecule has 0 saturated carbocycles. The number of likely N-dealkylation sites (N-methyl/N-ethyl adjacent to an activating group) is 1. The van der Waals surface area contributed by atoms with E-state index >= 15 is 0 Å². The van der Waals surface area contributed by atoms with Crippen LogP contribution in [-0.4, -0.2) is 43.1 Å². The number of aliphatic hydroxyl groups excluding tert-OH is 1. The van der Waals surface area contributed by atoms with Gasteiger partial charge in [-0.2, -0.15) is 17.4 Å². The first-order valence-electron chi connectivity index (χ1n) is 4.48. The van der Waals surface area contributed by atoms with Crippen molar-refractivity contribution in [2.24, 2.45) is 0 Å². The Hall–Kier alpha value is -0.170. The van der Waals surface area contributed by atoms with Crippen molar-refractivity contribution in [3.8, 4) is 0 Å². The average Bonchev–Trinajstić information content (AvgIpc) is 1.97. The molecule has 0 rings (SSSR count). The predicted octanol–water partition coefficient (Wildman–Crippen LogP) is -0.0681. The molecule has 0 aliphatic heterocycles. The van der Waals surface area contributed by atoms with Gasteiger partial charge in [-0.1, -0.05) is 0 Å². The molecule has 5 nitrogen and oxygen atoms in total. The van der Waals surface area contributed by atoms with Crippen molar-refractivity contribution in [3.63, 3.8) is 0 Å². The molecule has 6 heteroatoms. The van der Waals surface area contributed by atoms with Crippen molar-refractivity contribution in [2.75, 3.05) is 13.7 Å². The van der Waals surface area contributed by atoms with E-state index in [0.29, 0.717) is 0 Å². The highest BCUT2D eigenvalue weighted by atomic mass is 32.2. The summed E-state index contributed by atoms with van der Waals surface area (Å²) >= 11 is 0. The molecule has 0 aliphatic rings. The molecule has 0 aromatic carbocycles. The molecule has 0 radical (unpaired) electrons. The van der Waals surface area contributed by atoms with E-state index in [1.807, 2.05) is 0 Å². The van der Waals surface area contributed by atoms with Gasteiger partial charge in [-0.05, 0) is 27.7 Å². The van der Waals surface area contributed by atoms with Gasteiger partial charge in [0.15, 0.2) is 0 Å². The zero-order valence-corrected chi connectivity index (χ0v) is 10.2. The molecule has 0 spiro atoms. The zero-order chi connectivity index (χ0) is 11.6. The van der Waals surface area contributed by atoms with Gasteiger partial charge in [0.2, 0.25) is 0 Å². The molecule has 0 aliphatic carbocycles. The Morgan fingerprint density at radius 3 is 2.14 bits per heavy atom. The van der Waals surface area contributed by atoms with Crippen LogP contribution in [0.3, 0.4) is 0 Å². The Morgan fingerprint density at radius 2 is 1.86 bits per heavy atom. The van der Waals surface area contributed by atoms with Gasteiger partial charge < -0.3 is 5.11 Å². The van der Waals surface area contributed by atoms with Crippen LogP contribution < -0.4 is 4.72 Å². The van der Waals surface area contributed by atoms with Crippen LogP contribution in [0.1, 0.15) is 27.7 Å². The molecule has 0 amide bonds. The minimum atomic E-state index is -3.51. The Labute approximate surface area is 86.3 Å². The summed E-state index contributed by atoms with van der Waals surface area (Å²) in [5.74, 6) is 0. The molecular formula is C8H20N2O3S. The summed E-state index contributed by atoms with van der Waals surface area (Å²) in [5.41, 5.74) is -0.512. The monoisotopic (exact) mass is 224 g/mol. The fraction of sp³-hybridized carbons (Fsp3) is 1.00. The van der Waals surface area contributed by atoms with E-state index in [1.165, 1.54) is 7.05 Å². The zero-order valence-electron chi connectivity index (χ0n) is 9.40. The highest BCUT2D eigenvalue weighted by molar-refractivity contribution is 7.87. The lowest BCUT2D eigenvalue weighted by Gasteiger charge is -2.28. The molecule has 1 atom stereocenters. The van der Waals surface area contributed by atoms with Crippen LogP contribution >= 0.6 is 0 Å². The van der Waals surface area contributed by atoms with Gasteiger partial charge in [0, 0.05) is 18.6 Å². The topological polar surface area (TPSA) is 69.6 Å². The van der Waals surface area contributed by atoms with Gasteiger partial charge >= 0.3 is 0 Å². The quantitative estimate of drug-likeness (QED) is 0.702. The maximum Gasteiger partial charge on any atom is 0.279 e. The molecule has 2 N–H and O–H groups in total. The van der Waals surface area contributed by atoms with Gasteiger partial charge in [-0.3, -0.25) is 0 Å². The van der Waals surface area contributed by atoms with Crippen LogP contribution in [0.15, 0.2) is 0 Å². The van der Waals surface area contributed by atoms with Crippen LogP contribution in [0, 0.1) is 0 Å². The first kappa shape index (κ1) is 13.8. The second kappa shape index (κ2) is 4.57. The van der Waals surface area contributed by atoms with Crippen molar-refractivity contribution in [2.45, 2.75) is 39.3 Å². The highest BCUT2D eigenvalue weighted by Gasteiger charge is 2.26. The van der Waals surface area contributed by atoms with E-state index < -0.39 is 21.8 Å². The van der Waals surface area contributed by atoms with E-state index in [9.17, 15) is 8.42 Å². The number of hydrogen-bond acceptors (Lipinski definition) is 3. The maximum absolute atomic E-state index is 11.7. The third-order valence-electron chi connectivity index (χ3n) is 1.70. The van der Waals surface area contributed by atoms with E-state index in [0.717, 1.165) is 4.31 Å². The molecule has 14 heavy (non-hydrogen) atoms. The molecule has 0 bridgehead atoms. The van der Waals surface area contributed by atoms with E-state index in [2.05, 4.69) is 4.72 Å². The summed E-state index contributed by atoms with van der Waals surface area (Å²) in [6, 6.07) is -0.421. The van der Waals surface area contributed by atoms with Crippen molar-refractivity contribution >= 4 is 10.2 Å².